The molecule has 1 fully saturated rings. The van der Waals surface area contributed by atoms with E-state index in [0.29, 0.717) is 28.9 Å². The van der Waals surface area contributed by atoms with Gasteiger partial charge in [0.2, 0.25) is 0 Å². The molecule has 2 heterocycles. The second kappa shape index (κ2) is 8.25. The number of aliphatic carboxylic acids is 1. The molecule has 34 heavy (non-hydrogen) atoms. The Labute approximate surface area is 192 Å². The smallest absolute Gasteiger partial charge is 0.329 e. The molecule has 1 aliphatic rings. The Bertz CT molecular complexity index is 1390. The topological polar surface area (TPSA) is 135 Å². The van der Waals surface area contributed by atoms with E-state index in [0.717, 1.165) is 5.56 Å². The van der Waals surface area contributed by atoms with Crippen molar-refractivity contribution in [2.75, 3.05) is 7.11 Å². The maximum atomic E-state index is 13.4. The number of H-pyrrole nitrogens is 1. The number of fused-ring (bicyclic) bond motifs is 1. The lowest BCUT2D eigenvalue weighted by molar-refractivity contribution is -0.149. The molecule has 0 radical (unpaired) electrons. The van der Waals surface area contributed by atoms with Crippen molar-refractivity contribution in [3.05, 3.63) is 71.4 Å². The largest absolute Gasteiger partial charge is 0.497 e. The zero-order chi connectivity index (χ0) is 23.9. The van der Waals surface area contributed by atoms with Crippen LogP contribution in [0.5, 0.6) is 5.75 Å². The Morgan fingerprint density at radius 2 is 2.12 bits per heavy atom. The van der Waals surface area contributed by atoms with Crippen LogP contribution in [-0.4, -0.2) is 54.8 Å². The number of rotatable bonds is 7. The molecule has 5 rings (SSSR count). The molecular weight excluding hydrogens is 443 g/mol. The third-order valence-corrected chi connectivity index (χ3v) is 6.15. The monoisotopic (exact) mass is 464 g/mol. The highest BCUT2D eigenvalue weighted by Gasteiger charge is 2.53. The van der Waals surface area contributed by atoms with Crippen molar-refractivity contribution in [3.8, 4) is 5.75 Å². The molecule has 1 aliphatic carbocycles. The predicted octanol–water partition coefficient (Wildman–Crippen LogP) is 2.48. The van der Waals surface area contributed by atoms with E-state index in [-0.39, 0.29) is 30.3 Å². The average molecular weight is 464 g/mol. The van der Waals surface area contributed by atoms with Gasteiger partial charge in [-0.25, -0.2) is 13.9 Å². The molecule has 0 saturated heterocycles. The van der Waals surface area contributed by atoms with E-state index in [1.54, 1.807) is 41.2 Å². The van der Waals surface area contributed by atoms with Crippen LogP contribution in [0.3, 0.4) is 0 Å². The maximum Gasteiger partial charge on any atom is 0.329 e. The van der Waals surface area contributed by atoms with Crippen LogP contribution in [0.4, 0.5) is 4.39 Å². The second-order valence-electron chi connectivity index (χ2n) is 8.40. The highest BCUT2D eigenvalue weighted by molar-refractivity contribution is 6.06. The van der Waals surface area contributed by atoms with Crippen molar-refractivity contribution >= 4 is 22.8 Å². The Kier molecular flexibility index (Phi) is 5.23. The molecule has 3 N–H and O–H groups in total. The number of hydrogen-bond donors (Lipinski definition) is 3. The van der Waals surface area contributed by atoms with Gasteiger partial charge >= 0.3 is 5.97 Å². The normalized spacial score (nSPS) is 19.5. The van der Waals surface area contributed by atoms with Gasteiger partial charge in [-0.05, 0) is 48.7 Å². The number of nitrogens with one attached hydrogen (secondary N) is 2. The molecule has 10 nitrogen and oxygen atoms in total. The van der Waals surface area contributed by atoms with Gasteiger partial charge in [0.15, 0.2) is 5.69 Å². The van der Waals surface area contributed by atoms with Gasteiger partial charge in [0, 0.05) is 17.5 Å². The Morgan fingerprint density at radius 1 is 1.29 bits per heavy atom. The van der Waals surface area contributed by atoms with Crippen molar-refractivity contribution in [3.63, 3.8) is 0 Å². The summed E-state index contributed by atoms with van der Waals surface area (Å²) in [4.78, 5) is 25.0. The Balaban J connectivity index is 1.29. The van der Waals surface area contributed by atoms with Gasteiger partial charge in [0.05, 0.1) is 24.9 Å². The molecule has 0 bridgehead atoms. The van der Waals surface area contributed by atoms with Crippen molar-refractivity contribution < 1.29 is 23.8 Å². The number of amides is 1. The van der Waals surface area contributed by atoms with Crippen LogP contribution in [0.15, 0.2) is 48.7 Å². The number of carbonyl (C=O) groups excluding carboxylic acids is 1. The third-order valence-electron chi connectivity index (χ3n) is 6.15. The fourth-order valence-corrected chi connectivity index (χ4v) is 4.29. The van der Waals surface area contributed by atoms with Gasteiger partial charge in [-0.3, -0.25) is 9.89 Å². The van der Waals surface area contributed by atoms with Gasteiger partial charge in [0.1, 0.15) is 17.1 Å². The quantitative estimate of drug-likeness (QED) is 0.382. The lowest BCUT2D eigenvalue weighted by Crippen LogP contribution is -2.61. The fraction of sp³-hybridized carbons (Fsp3) is 0.261. The van der Waals surface area contributed by atoms with E-state index in [1.165, 1.54) is 19.2 Å². The molecule has 4 aromatic rings. The number of hydrogen-bond acceptors (Lipinski definition) is 6. The van der Waals surface area contributed by atoms with E-state index >= 15 is 0 Å². The molecule has 0 atom stereocenters. The van der Waals surface area contributed by atoms with Crippen LogP contribution >= 0.6 is 0 Å². The minimum atomic E-state index is -1.43. The average Bonchev–Trinajstić information content (AvgIpc) is 3.42. The number of halogens is 1. The summed E-state index contributed by atoms with van der Waals surface area (Å²) in [6, 6.07) is 11.3. The van der Waals surface area contributed by atoms with Gasteiger partial charge in [-0.1, -0.05) is 17.3 Å². The van der Waals surface area contributed by atoms with Crippen molar-refractivity contribution in [1.29, 1.82) is 0 Å². The van der Waals surface area contributed by atoms with Crippen LogP contribution in [0.25, 0.3) is 10.9 Å². The van der Waals surface area contributed by atoms with E-state index < -0.39 is 17.4 Å². The summed E-state index contributed by atoms with van der Waals surface area (Å²) in [5.74, 6) is -1.67. The summed E-state index contributed by atoms with van der Waals surface area (Å²) < 4.78 is 20.2. The van der Waals surface area contributed by atoms with Gasteiger partial charge in [-0.15, -0.1) is 5.10 Å². The Morgan fingerprint density at radius 3 is 2.85 bits per heavy atom. The van der Waals surface area contributed by atoms with Crippen molar-refractivity contribution in [2.45, 2.75) is 30.8 Å². The highest BCUT2D eigenvalue weighted by atomic mass is 19.1. The fourth-order valence-electron chi connectivity index (χ4n) is 4.29. The van der Waals surface area contributed by atoms with Gasteiger partial charge in [0.25, 0.3) is 5.91 Å². The molecule has 0 spiro atoms. The summed E-state index contributed by atoms with van der Waals surface area (Å²) in [5, 5.41) is 28.1. The SMILES string of the molecule is COc1ccc2[nH]nc(C(=O)NC3(C(=O)O)CC(c4cn(Cc5cccc(F)c5)nn4)C3)c2c1. The van der Waals surface area contributed by atoms with E-state index in [1.807, 2.05) is 0 Å². The number of aromatic nitrogens is 5. The van der Waals surface area contributed by atoms with Crippen LogP contribution in [0.1, 0.15) is 40.5 Å². The molecule has 2 aromatic heterocycles. The van der Waals surface area contributed by atoms with E-state index in [4.69, 9.17) is 4.74 Å². The number of methoxy groups -OCH3 is 1. The standard InChI is InChI=1S/C23H21FN6O4/c1-34-16-5-6-18-17(8-16)20(28-26-18)21(31)25-23(22(32)33)9-14(10-23)19-12-30(29-27-19)11-13-3-2-4-15(24)7-13/h2-8,12,14H,9-11H2,1H3,(H,25,31)(H,26,28)(H,32,33). The number of carbonyl (C=O) groups is 2. The minimum absolute atomic E-state index is 0.0963. The van der Waals surface area contributed by atoms with Crippen molar-refractivity contribution in [2.24, 2.45) is 0 Å². The second-order valence-corrected chi connectivity index (χ2v) is 8.40. The summed E-state index contributed by atoms with van der Waals surface area (Å²) in [6.07, 6.45) is 2.05. The lowest BCUT2D eigenvalue weighted by atomic mass is 9.67. The summed E-state index contributed by atoms with van der Waals surface area (Å²) in [7, 11) is 1.52. The number of nitrogens with zero attached hydrogens (tertiary/aromatic N) is 4. The molecule has 0 unspecified atom stereocenters. The van der Waals surface area contributed by atoms with Crippen LogP contribution in [0.2, 0.25) is 0 Å². The number of carboxylic acid groups (broad SMARTS) is 1. The number of benzene rings is 2. The first-order valence-corrected chi connectivity index (χ1v) is 10.6. The minimum Gasteiger partial charge on any atom is -0.497 e. The number of aromatic amines is 1. The van der Waals surface area contributed by atoms with Crippen LogP contribution < -0.4 is 10.1 Å². The first-order valence-electron chi connectivity index (χ1n) is 10.6. The van der Waals surface area contributed by atoms with Crippen molar-refractivity contribution in [1.82, 2.24) is 30.5 Å². The highest BCUT2D eigenvalue weighted by Crippen LogP contribution is 2.44. The predicted molar refractivity (Wildman–Crippen MR) is 118 cm³/mol. The van der Waals surface area contributed by atoms with E-state index in [2.05, 4.69) is 25.8 Å². The molecule has 2 aromatic carbocycles. The third kappa shape index (κ3) is 3.85. The summed E-state index contributed by atoms with van der Waals surface area (Å²) in [5.41, 5.74) is 0.659. The Hall–Kier alpha value is -4.28. The molecule has 11 heteroatoms. The number of ether oxygens (including phenoxy) is 1. The first kappa shape index (κ1) is 21.6. The summed E-state index contributed by atoms with van der Waals surface area (Å²) >= 11 is 0. The van der Waals surface area contributed by atoms with Crippen LogP contribution in [0, 0.1) is 5.82 Å². The molecule has 1 saturated carbocycles. The first-order chi connectivity index (χ1) is 16.4. The molecule has 174 valence electrons. The molecular formula is C23H21FN6O4. The summed E-state index contributed by atoms with van der Waals surface area (Å²) in [6.45, 7) is 0.341. The lowest BCUT2D eigenvalue weighted by Gasteiger charge is -2.43. The zero-order valence-electron chi connectivity index (χ0n) is 18.2. The van der Waals surface area contributed by atoms with E-state index in [9.17, 15) is 19.1 Å². The van der Waals surface area contributed by atoms with Crippen LogP contribution in [-0.2, 0) is 11.3 Å². The molecule has 0 aliphatic heterocycles. The van der Waals surface area contributed by atoms with Gasteiger partial charge in [-0.2, -0.15) is 5.10 Å². The number of carboxylic acids is 1. The maximum absolute atomic E-state index is 13.4. The van der Waals surface area contributed by atoms with Gasteiger partial charge < -0.3 is 15.2 Å². The molecule has 1 amide bonds. The zero-order valence-corrected chi connectivity index (χ0v) is 18.2.